The quantitative estimate of drug-likeness (QED) is 0.125. The van der Waals surface area contributed by atoms with Crippen LogP contribution in [0.1, 0.15) is 30.2 Å². The molecule has 0 bridgehead atoms. The molecule has 6 rings (SSSR count). The summed E-state index contributed by atoms with van der Waals surface area (Å²) in [5.41, 5.74) is 9.95. The summed E-state index contributed by atoms with van der Waals surface area (Å²) in [6.45, 7) is 14.4. The van der Waals surface area contributed by atoms with Crippen LogP contribution in [0.5, 0.6) is 0 Å². The van der Waals surface area contributed by atoms with Crippen molar-refractivity contribution in [3.8, 4) is 45.3 Å². The van der Waals surface area contributed by atoms with E-state index in [1.807, 2.05) is 68.5 Å². The van der Waals surface area contributed by atoms with Gasteiger partial charge in [-0.2, -0.15) is 0 Å². The number of fused-ring (bicyclic) bond motifs is 1. The van der Waals surface area contributed by atoms with E-state index < -0.39 is 0 Å². The highest BCUT2D eigenvalue weighted by molar-refractivity contribution is 5.94. The van der Waals surface area contributed by atoms with Gasteiger partial charge < -0.3 is 4.42 Å². The summed E-state index contributed by atoms with van der Waals surface area (Å²) in [4.78, 5) is 14.8. The molecule has 2 heterocycles. The molecule has 45 heavy (non-hydrogen) atoms. The van der Waals surface area contributed by atoms with Crippen LogP contribution >= 0.6 is 0 Å². The Bertz CT molecular complexity index is 2080. The lowest BCUT2D eigenvalue weighted by molar-refractivity contribution is 0.575. The average molecular weight is 586 g/mol. The normalized spacial score (nSPS) is 11.8. The van der Waals surface area contributed by atoms with Crippen molar-refractivity contribution >= 4 is 16.5 Å². The zero-order valence-corrected chi connectivity index (χ0v) is 25.9. The molecule has 4 aromatic carbocycles. The van der Waals surface area contributed by atoms with Crippen molar-refractivity contribution < 1.29 is 4.42 Å². The Kier molecular flexibility index (Phi) is 8.47. The van der Waals surface area contributed by atoms with E-state index in [0.717, 1.165) is 73.2 Å². The summed E-state index contributed by atoms with van der Waals surface area (Å²) in [5.74, 6) is 2.68. The van der Waals surface area contributed by atoms with E-state index >= 15 is 0 Å². The molecular formula is C41H35N3O. The van der Waals surface area contributed by atoms with Gasteiger partial charge in [0.2, 0.25) is 0 Å². The van der Waals surface area contributed by atoms with Crippen molar-refractivity contribution in [2.75, 3.05) is 0 Å². The minimum Gasteiger partial charge on any atom is -0.460 e. The number of aromatic nitrogens is 3. The Balaban J connectivity index is 1.43. The van der Waals surface area contributed by atoms with Gasteiger partial charge in [-0.3, -0.25) is 0 Å². The number of benzene rings is 4. The van der Waals surface area contributed by atoms with E-state index in [1.165, 1.54) is 0 Å². The molecule has 0 aliphatic heterocycles. The Hall–Kier alpha value is -5.61. The molecule has 0 fully saturated rings. The maximum atomic E-state index is 6.20. The van der Waals surface area contributed by atoms with Gasteiger partial charge in [0.25, 0.3) is 0 Å². The Morgan fingerprint density at radius 1 is 0.711 bits per heavy atom. The van der Waals surface area contributed by atoms with Crippen LogP contribution in [-0.2, 0) is 0 Å². The molecule has 0 aliphatic rings. The van der Waals surface area contributed by atoms with Crippen LogP contribution < -0.4 is 0 Å². The number of furan rings is 1. The van der Waals surface area contributed by atoms with Gasteiger partial charge in [0.1, 0.15) is 11.3 Å². The Labute approximate surface area is 264 Å². The number of aryl methyl sites for hydroxylation is 2. The smallest absolute Gasteiger partial charge is 0.167 e. The van der Waals surface area contributed by atoms with E-state index in [1.54, 1.807) is 0 Å². The molecule has 0 saturated heterocycles. The molecule has 6 aromatic rings. The number of rotatable bonds is 9. The third-order valence-electron chi connectivity index (χ3n) is 8.00. The second-order valence-corrected chi connectivity index (χ2v) is 11.0. The number of nitrogens with zero attached hydrogens (tertiary/aromatic N) is 3. The third kappa shape index (κ3) is 6.09. The molecule has 0 unspecified atom stereocenters. The van der Waals surface area contributed by atoms with Crippen LogP contribution in [0, 0.1) is 13.8 Å². The van der Waals surface area contributed by atoms with Crippen molar-refractivity contribution in [2.45, 2.75) is 27.2 Å². The average Bonchev–Trinajstić information content (AvgIpc) is 3.39. The number of allylic oxidation sites excluding steroid dienone is 6. The van der Waals surface area contributed by atoms with Crippen LogP contribution in [0.15, 0.2) is 145 Å². The molecule has 0 amide bonds. The van der Waals surface area contributed by atoms with Crippen molar-refractivity contribution in [3.63, 3.8) is 0 Å². The first-order chi connectivity index (χ1) is 22.0. The van der Waals surface area contributed by atoms with Gasteiger partial charge in [-0.15, -0.1) is 0 Å². The number of para-hydroxylation sites is 1. The molecule has 220 valence electrons. The lowest BCUT2D eigenvalue weighted by Gasteiger charge is -2.13. The monoisotopic (exact) mass is 585 g/mol. The summed E-state index contributed by atoms with van der Waals surface area (Å²) in [6, 6.07) is 32.9. The molecule has 0 atom stereocenters. The highest BCUT2D eigenvalue weighted by atomic mass is 16.3. The molecule has 0 N–H and O–H groups in total. The number of hydrogen-bond donors (Lipinski definition) is 0. The molecule has 4 nitrogen and oxygen atoms in total. The molecule has 0 aliphatic carbocycles. The first-order valence-corrected chi connectivity index (χ1v) is 15.1. The second kappa shape index (κ2) is 12.9. The molecule has 0 saturated carbocycles. The molecule has 4 heteroatoms. The van der Waals surface area contributed by atoms with Crippen molar-refractivity contribution in [2.24, 2.45) is 0 Å². The topological polar surface area (TPSA) is 51.8 Å². The molecular weight excluding hydrogens is 550 g/mol. The molecule has 0 spiro atoms. The maximum Gasteiger partial charge on any atom is 0.167 e. The first kappa shape index (κ1) is 29.5. The second-order valence-electron chi connectivity index (χ2n) is 11.0. The fraction of sp³-hybridized carbons (Fsp3) is 0.0976. The summed E-state index contributed by atoms with van der Waals surface area (Å²) < 4.78 is 6.20. The summed E-state index contributed by atoms with van der Waals surface area (Å²) in [6.07, 6.45) is 8.96. The van der Waals surface area contributed by atoms with Crippen molar-refractivity contribution in [1.82, 2.24) is 15.0 Å². The Morgan fingerprint density at radius 2 is 1.33 bits per heavy atom. The van der Waals surface area contributed by atoms with Gasteiger partial charge in [-0.1, -0.05) is 134 Å². The van der Waals surface area contributed by atoms with E-state index in [4.69, 9.17) is 19.4 Å². The van der Waals surface area contributed by atoms with Crippen LogP contribution in [0.2, 0.25) is 0 Å². The number of hydrogen-bond acceptors (Lipinski definition) is 4. The lowest BCUT2D eigenvalue weighted by atomic mass is 9.92. The van der Waals surface area contributed by atoms with E-state index in [2.05, 4.69) is 86.8 Å². The zero-order chi connectivity index (χ0) is 31.3. The Morgan fingerprint density at radius 3 is 2.04 bits per heavy atom. The van der Waals surface area contributed by atoms with E-state index in [-0.39, 0.29) is 0 Å². The summed E-state index contributed by atoms with van der Waals surface area (Å²) in [5, 5.41) is 1.06. The largest absolute Gasteiger partial charge is 0.460 e. The predicted octanol–water partition coefficient (Wildman–Crippen LogP) is 11.0. The fourth-order valence-electron chi connectivity index (χ4n) is 5.46. The van der Waals surface area contributed by atoms with Crippen LogP contribution in [0.3, 0.4) is 0 Å². The summed E-state index contributed by atoms with van der Waals surface area (Å²) >= 11 is 0. The summed E-state index contributed by atoms with van der Waals surface area (Å²) in [7, 11) is 0. The van der Waals surface area contributed by atoms with Gasteiger partial charge in [0.15, 0.2) is 17.5 Å². The van der Waals surface area contributed by atoms with E-state index in [0.29, 0.717) is 17.5 Å². The molecule has 2 aromatic heterocycles. The van der Waals surface area contributed by atoms with Gasteiger partial charge in [-0.05, 0) is 61.1 Å². The van der Waals surface area contributed by atoms with Crippen molar-refractivity contribution in [1.29, 1.82) is 0 Å². The standard InChI is InChI=1S/C41H35N3O/c1-6-8-15-27(3)26-30(7-2)35-18-12-13-19-36(35)31-22-24-33(25-23-31)40-42-39(32-16-10-9-11-17-32)43-41(44-40)37-21-14-20-34-28(4)29(5)45-38(34)37/h6-14,16-26H,2-3,15H2,1,4-5H3. The van der Waals surface area contributed by atoms with E-state index in [9.17, 15) is 0 Å². The zero-order valence-electron chi connectivity index (χ0n) is 25.9. The SMILES string of the molecule is C=CC(=CC(=C)CC=CC)c1ccccc1-c1ccc(-c2nc(-c3ccccc3)nc(-c3cccc4c(C)c(C)oc34)n2)cc1. The van der Waals surface area contributed by atoms with Gasteiger partial charge in [-0.25, -0.2) is 15.0 Å². The predicted molar refractivity (Wildman–Crippen MR) is 188 cm³/mol. The third-order valence-corrected chi connectivity index (χ3v) is 8.00. The van der Waals surface area contributed by atoms with Crippen LogP contribution in [0.25, 0.3) is 61.8 Å². The first-order valence-electron chi connectivity index (χ1n) is 15.1. The van der Waals surface area contributed by atoms with Gasteiger partial charge in [0, 0.05) is 16.5 Å². The van der Waals surface area contributed by atoms with Gasteiger partial charge >= 0.3 is 0 Å². The lowest BCUT2D eigenvalue weighted by Crippen LogP contribution is -2.00. The highest BCUT2D eigenvalue weighted by Crippen LogP contribution is 2.35. The van der Waals surface area contributed by atoms with Crippen molar-refractivity contribution in [3.05, 3.63) is 157 Å². The maximum absolute atomic E-state index is 6.20. The van der Waals surface area contributed by atoms with Crippen LogP contribution in [0.4, 0.5) is 0 Å². The minimum atomic E-state index is 0.575. The van der Waals surface area contributed by atoms with Gasteiger partial charge in [0.05, 0.1) is 5.56 Å². The fourth-order valence-corrected chi connectivity index (χ4v) is 5.46. The van der Waals surface area contributed by atoms with Crippen LogP contribution in [-0.4, -0.2) is 15.0 Å². The highest BCUT2D eigenvalue weighted by Gasteiger charge is 2.18. The molecule has 0 radical (unpaired) electrons. The minimum absolute atomic E-state index is 0.575.